The van der Waals surface area contributed by atoms with Crippen LogP contribution >= 0.6 is 0 Å². The number of hydrogen-bond donors (Lipinski definition) is 0. The van der Waals surface area contributed by atoms with Gasteiger partial charge in [0.1, 0.15) is 5.78 Å². The SMILES string of the molecule is O=C(Cc1ccc(-n2cc(CCCF)nn2)cc1)Cc1ccccc1C(F)(F)F. The molecule has 0 radical (unpaired) electrons. The van der Waals surface area contributed by atoms with Gasteiger partial charge in [-0.1, -0.05) is 35.5 Å². The van der Waals surface area contributed by atoms with Crippen molar-refractivity contribution < 1.29 is 22.4 Å². The second kappa shape index (κ2) is 8.98. The van der Waals surface area contributed by atoms with Crippen molar-refractivity contribution in [2.24, 2.45) is 0 Å². The first kappa shape index (κ1) is 20.7. The molecule has 4 nitrogen and oxygen atoms in total. The quantitative estimate of drug-likeness (QED) is 0.517. The van der Waals surface area contributed by atoms with Crippen LogP contribution in [0.2, 0.25) is 0 Å². The number of carbonyl (C=O) groups is 1. The second-order valence-corrected chi connectivity index (χ2v) is 6.66. The van der Waals surface area contributed by atoms with Gasteiger partial charge in [0.2, 0.25) is 0 Å². The molecule has 0 saturated heterocycles. The number of halogens is 4. The predicted molar refractivity (Wildman–Crippen MR) is 99.5 cm³/mol. The standard InChI is InChI=1S/C21H19F4N3O/c22-11-3-5-17-14-28(27-26-17)18-9-7-15(8-10-18)12-19(29)13-16-4-1-2-6-20(16)21(23,24)25/h1-2,4,6-10,14H,3,5,11-13H2. The molecule has 0 N–H and O–H groups in total. The van der Waals surface area contributed by atoms with Crippen molar-refractivity contribution >= 4 is 5.78 Å². The van der Waals surface area contributed by atoms with Crippen molar-refractivity contribution in [2.45, 2.75) is 31.9 Å². The summed E-state index contributed by atoms with van der Waals surface area (Å²) in [5, 5.41) is 7.97. The fourth-order valence-electron chi connectivity index (χ4n) is 3.01. The van der Waals surface area contributed by atoms with Crippen molar-refractivity contribution in [3.05, 3.63) is 77.1 Å². The zero-order valence-corrected chi connectivity index (χ0v) is 15.5. The summed E-state index contributed by atoms with van der Waals surface area (Å²) in [5.74, 6) is -0.302. The summed E-state index contributed by atoms with van der Waals surface area (Å²) in [6, 6.07) is 12.1. The first-order valence-electron chi connectivity index (χ1n) is 9.10. The molecule has 1 heterocycles. The number of aryl methyl sites for hydroxylation is 1. The van der Waals surface area contributed by atoms with E-state index in [1.165, 1.54) is 18.2 Å². The number of carbonyl (C=O) groups excluding carboxylic acids is 1. The van der Waals surface area contributed by atoms with E-state index in [0.717, 1.165) is 11.8 Å². The molecule has 0 bridgehead atoms. The van der Waals surface area contributed by atoms with Crippen molar-refractivity contribution in [1.29, 1.82) is 0 Å². The smallest absolute Gasteiger partial charge is 0.299 e. The fourth-order valence-corrected chi connectivity index (χ4v) is 3.01. The normalized spacial score (nSPS) is 11.6. The van der Waals surface area contributed by atoms with Gasteiger partial charge in [0.05, 0.1) is 29.8 Å². The van der Waals surface area contributed by atoms with Gasteiger partial charge in [-0.15, -0.1) is 5.10 Å². The Bertz CT molecular complexity index is 965. The maximum Gasteiger partial charge on any atom is 0.416 e. The van der Waals surface area contributed by atoms with Gasteiger partial charge in [-0.2, -0.15) is 13.2 Å². The third-order valence-electron chi connectivity index (χ3n) is 4.42. The van der Waals surface area contributed by atoms with Crippen LogP contribution in [0, 0.1) is 0 Å². The molecule has 0 spiro atoms. The number of rotatable bonds is 8. The van der Waals surface area contributed by atoms with Crippen LogP contribution in [0.3, 0.4) is 0 Å². The van der Waals surface area contributed by atoms with Crippen LogP contribution in [0.4, 0.5) is 17.6 Å². The Balaban J connectivity index is 1.64. The summed E-state index contributed by atoms with van der Waals surface area (Å²) in [7, 11) is 0. The third kappa shape index (κ3) is 5.49. The molecule has 0 aliphatic heterocycles. The predicted octanol–water partition coefficient (Wildman–Crippen LogP) is 4.54. The Hall–Kier alpha value is -3.03. The zero-order chi connectivity index (χ0) is 20.9. The Morgan fingerprint density at radius 3 is 2.41 bits per heavy atom. The monoisotopic (exact) mass is 405 g/mol. The molecule has 3 aromatic rings. The highest BCUT2D eigenvalue weighted by Crippen LogP contribution is 2.32. The Morgan fingerprint density at radius 2 is 1.72 bits per heavy atom. The lowest BCUT2D eigenvalue weighted by Gasteiger charge is -2.12. The summed E-state index contributed by atoms with van der Waals surface area (Å²) in [4.78, 5) is 12.3. The average molecular weight is 405 g/mol. The van der Waals surface area contributed by atoms with Crippen molar-refractivity contribution in [3.63, 3.8) is 0 Å². The van der Waals surface area contributed by atoms with Crippen LogP contribution in [0.1, 0.15) is 28.8 Å². The van der Waals surface area contributed by atoms with Crippen LogP contribution in [0.15, 0.2) is 54.7 Å². The van der Waals surface area contributed by atoms with Gasteiger partial charge in [0, 0.05) is 12.8 Å². The Morgan fingerprint density at radius 1 is 1.00 bits per heavy atom. The van der Waals surface area contributed by atoms with Crippen LogP contribution in [0.25, 0.3) is 5.69 Å². The summed E-state index contributed by atoms with van der Waals surface area (Å²) in [6.45, 7) is -0.414. The minimum atomic E-state index is -4.49. The van der Waals surface area contributed by atoms with Gasteiger partial charge in [-0.05, 0) is 42.2 Å². The Labute approximate surface area is 165 Å². The summed E-state index contributed by atoms with van der Waals surface area (Å²) in [6.07, 6.45) is -2.13. The molecule has 0 amide bonds. The highest BCUT2D eigenvalue weighted by atomic mass is 19.4. The average Bonchev–Trinajstić information content (AvgIpc) is 3.15. The number of aromatic nitrogens is 3. The zero-order valence-electron chi connectivity index (χ0n) is 15.5. The fraction of sp³-hybridized carbons (Fsp3) is 0.286. The first-order valence-corrected chi connectivity index (χ1v) is 9.10. The first-order chi connectivity index (χ1) is 13.9. The largest absolute Gasteiger partial charge is 0.416 e. The van der Waals surface area contributed by atoms with E-state index in [1.54, 1.807) is 35.1 Å². The van der Waals surface area contributed by atoms with E-state index in [0.29, 0.717) is 24.1 Å². The molecular formula is C21H19F4N3O. The van der Waals surface area contributed by atoms with Crippen LogP contribution < -0.4 is 0 Å². The summed E-state index contributed by atoms with van der Waals surface area (Å²) < 4.78 is 53.0. The van der Waals surface area contributed by atoms with Crippen LogP contribution in [-0.2, 0) is 30.2 Å². The van der Waals surface area contributed by atoms with Gasteiger partial charge < -0.3 is 0 Å². The van der Waals surface area contributed by atoms with Gasteiger partial charge in [0.15, 0.2) is 0 Å². The third-order valence-corrected chi connectivity index (χ3v) is 4.42. The van der Waals surface area contributed by atoms with Gasteiger partial charge in [-0.3, -0.25) is 9.18 Å². The molecule has 0 fully saturated rings. The lowest BCUT2D eigenvalue weighted by Crippen LogP contribution is -2.13. The molecule has 3 rings (SSSR count). The molecule has 152 valence electrons. The van der Waals surface area contributed by atoms with Crippen LogP contribution in [0.5, 0.6) is 0 Å². The van der Waals surface area contributed by atoms with Crippen LogP contribution in [-0.4, -0.2) is 27.5 Å². The lowest BCUT2D eigenvalue weighted by atomic mass is 9.98. The molecule has 0 saturated carbocycles. The molecule has 0 aliphatic carbocycles. The van der Waals surface area contributed by atoms with Crippen molar-refractivity contribution in [2.75, 3.05) is 6.67 Å². The second-order valence-electron chi connectivity index (χ2n) is 6.66. The number of Topliss-reactive ketones (excluding diaryl/α,β-unsaturated/α-hetero) is 1. The molecule has 0 unspecified atom stereocenters. The number of hydrogen-bond acceptors (Lipinski definition) is 3. The highest BCUT2D eigenvalue weighted by Gasteiger charge is 2.33. The number of benzene rings is 2. The molecule has 0 atom stereocenters. The van der Waals surface area contributed by atoms with E-state index in [9.17, 15) is 22.4 Å². The number of ketones is 1. The van der Waals surface area contributed by atoms with Crippen molar-refractivity contribution in [1.82, 2.24) is 15.0 Å². The molecule has 29 heavy (non-hydrogen) atoms. The topological polar surface area (TPSA) is 47.8 Å². The molecule has 1 aromatic heterocycles. The molecule has 0 aliphatic rings. The summed E-state index contributed by atoms with van der Waals surface area (Å²) in [5.41, 5.74) is 1.30. The van der Waals surface area contributed by atoms with E-state index >= 15 is 0 Å². The maximum absolute atomic E-state index is 13.1. The summed E-state index contributed by atoms with van der Waals surface area (Å²) >= 11 is 0. The van der Waals surface area contributed by atoms with Gasteiger partial charge in [-0.25, -0.2) is 4.68 Å². The van der Waals surface area contributed by atoms with Crippen molar-refractivity contribution in [3.8, 4) is 5.69 Å². The highest BCUT2D eigenvalue weighted by molar-refractivity contribution is 5.83. The minimum absolute atomic E-state index is 0.0231. The minimum Gasteiger partial charge on any atom is -0.299 e. The van der Waals surface area contributed by atoms with Gasteiger partial charge >= 0.3 is 6.18 Å². The lowest BCUT2D eigenvalue weighted by molar-refractivity contribution is -0.138. The van der Waals surface area contributed by atoms with E-state index in [2.05, 4.69) is 10.3 Å². The molecule has 8 heteroatoms. The maximum atomic E-state index is 13.1. The van der Waals surface area contributed by atoms with E-state index in [1.807, 2.05) is 0 Å². The van der Waals surface area contributed by atoms with E-state index in [4.69, 9.17) is 0 Å². The van der Waals surface area contributed by atoms with Gasteiger partial charge in [0.25, 0.3) is 0 Å². The van der Waals surface area contributed by atoms with E-state index in [-0.39, 0.29) is 24.2 Å². The molecule has 2 aromatic carbocycles. The van der Waals surface area contributed by atoms with E-state index < -0.39 is 18.4 Å². The number of nitrogens with zero attached hydrogens (tertiary/aromatic N) is 3. The Kier molecular flexibility index (Phi) is 6.41. The number of alkyl halides is 4. The molecular weight excluding hydrogens is 386 g/mol.